The van der Waals surface area contributed by atoms with E-state index in [1.807, 2.05) is 18.2 Å². The van der Waals surface area contributed by atoms with Gasteiger partial charge in [0.1, 0.15) is 11.5 Å². The Morgan fingerprint density at radius 1 is 1.05 bits per heavy atom. The summed E-state index contributed by atoms with van der Waals surface area (Å²) in [5.74, 6) is 1.67. The molecule has 0 unspecified atom stereocenters. The second-order valence-electron chi connectivity index (χ2n) is 4.67. The van der Waals surface area contributed by atoms with Gasteiger partial charge in [-0.15, -0.1) is 0 Å². The van der Waals surface area contributed by atoms with Gasteiger partial charge in [-0.25, -0.2) is 0 Å². The summed E-state index contributed by atoms with van der Waals surface area (Å²) in [7, 11) is 3.34. The van der Waals surface area contributed by atoms with Crippen LogP contribution in [0.5, 0.6) is 11.5 Å². The molecule has 0 radical (unpaired) electrons. The van der Waals surface area contributed by atoms with E-state index in [-0.39, 0.29) is 0 Å². The maximum atomic E-state index is 5.52. The van der Waals surface area contributed by atoms with E-state index in [2.05, 4.69) is 12.2 Å². The van der Waals surface area contributed by atoms with Gasteiger partial charge < -0.3 is 19.5 Å². The van der Waals surface area contributed by atoms with Gasteiger partial charge in [0, 0.05) is 31.4 Å². The molecule has 0 aliphatic rings. The van der Waals surface area contributed by atoms with Gasteiger partial charge >= 0.3 is 0 Å². The van der Waals surface area contributed by atoms with Crippen molar-refractivity contribution in [2.45, 2.75) is 32.7 Å². The molecule has 0 heterocycles. The minimum absolute atomic E-state index is 0.794. The Balaban J connectivity index is 2.21. The van der Waals surface area contributed by atoms with E-state index in [1.165, 1.54) is 6.42 Å². The zero-order valence-corrected chi connectivity index (χ0v) is 12.9. The third kappa shape index (κ3) is 6.26. The van der Waals surface area contributed by atoms with Gasteiger partial charge in [0.2, 0.25) is 0 Å². The molecule has 1 aromatic rings. The first-order valence-corrected chi connectivity index (χ1v) is 7.31. The highest BCUT2D eigenvalue weighted by Gasteiger charge is 2.04. The fourth-order valence-electron chi connectivity index (χ4n) is 1.87. The fraction of sp³-hybridized carbons (Fsp3) is 0.625. The maximum Gasteiger partial charge on any atom is 0.127 e. The van der Waals surface area contributed by atoms with Crippen LogP contribution in [0.3, 0.4) is 0 Å². The molecule has 1 N–H and O–H groups in total. The van der Waals surface area contributed by atoms with E-state index in [9.17, 15) is 0 Å². The highest BCUT2D eigenvalue weighted by Crippen LogP contribution is 2.24. The van der Waals surface area contributed by atoms with Crippen LogP contribution in [0.2, 0.25) is 0 Å². The summed E-state index contributed by atoms with van der Waals surface area (Å²) in [5, 5.41) is 3.40. The van der Waals surface area contributed by atoms with E-state index < -0.39 is 0 Å². The van der Waals surface area contributed by atoms with Crippen molar-refractivity contribution in [1.82, 2.24) is 5.32 Å². The number of rotatable bonds is 11. The molecule has 0 aromatic heterocycles. The van der Waals surface area contributed by atoms with Gasteiger partial charge in [0.25, 0.3) is 0 Å². The van der Waals surface area contributed by atoms with Crippen molar-refractivity contribution >= 4 is 0 Å². The summed E-state index contributed by atoms with van der Waals surface area (Å²) in [6.07, 6.45) is 3.37. The number of benzene rings is 1. The molecule has 20 heavy (non-hydrogen) atoms. The van der Waals surface area contributed by atoms with Crippen LogP contribution in [0.4, 0.5) is 0 Å². The third-order valence-corrected chi connectivity index (χ3v) is 3.09. The van der Waals surface area contributed by atoms with E-state index in [0.717, 1.165) is 56.2 Å². The molecule has 1 aromatic carbocycles. The van der Waals surface area contributed by atoms with Gasteiger partial charge in [-0.3, -0.25) is 0 Å². The van der Waals surface area contributed by atoms with Gasteiger partial charge in [0.05, 0.1) is 14.2 Å². The van der Waals surface area contributed by atoms with Crippen molar-refractivity contribution in [3.63, 3.8) is 0 Å². The smallest absolute Gasteiger partial charge is 0.127 e. The highest BCUT2D eigenvalue weighted by atomic mass is 16.5. The Bertz CT molecular complexity index is 369. The van der Waals surface area contributed by atoms with Gasteiger partial charge in [-0.1, -0.05) is 19.4 Å². The van der Waals surface area contributed by atoms with Crippen LogP contribution in [0.1, 0.15) is 31.7 Å². The zero-order chi connectivity index (χ0) is 14.6. The van der Waals surface area contributed by atoms with Gasteiger partial charge in [-0.05, 0) is 25.5 Å². The molecule has 1 rings (SSSR count). The summed E-state index contributed by atoms with van der Waals surface area (Å²) in [6, 6.07) is 5.89. The van der Waals surface area contributed by atoms with Crippen LogP contribution in [-0.2, 0) is 11.3 Å². The second-order valence-corrected chi connectivity index (χ2v) is 4.67. The lowest BCUT2D eigenvalue weighted by molar-refractivity contribution is 0.128. The maximum absolute atomic E-state index is 5.52. The number of nitrogens with one attached hydrogen (secondary N) is 1. The Labute approximate surface area is 122 Å². The summed E-state index contributed by atoms with van der Waals surface area (Å²) in [6.45, 7) is 5.62. The zero-order valence-electron chi connectivity index (χ0n) is 12.9. The normalized spacial score (nSPS) is 10.6. The summed E-state index contributed by atoms with van der Waals surface area (Å²) < 4.78 is 16.1. The molecule has 0 spiro atoms. The van der Waals surface area contributed by atoms with Crippen LogP contribution in [-0.4, -0.2) is 34.0 Å². The van der Waals surface area contributed by atoms with Gasteiger partial charge in [0.15, 0.2) is 0 Å². The van der Waals surface area contributed by atoms with E-state index in [4.69, 9.17) is 14.2 Å². The lowest BCUT2D eigenvalue weighted by Crippen LogP contribution is -2.17. The summed E-state index contributed by atoms with van der Waals surface area (Å²) in [4.78, 5) is 0. The van der Waals surface area contributed by atoms with Crippen LogP contribution < -0.4 is 14.8 Å². The molecule has 0 fully saturated rings. The van der Waals surface area contributed by atoms with E-state index in [1.54, 1.807) is 14.2 Å². The SMILES string of the molecule is CCCCOCCCNCc1ccc(OC)cc1OC. The molecule has 0 atom stereocenters. The first-order valence-electron chi connectivity index (χ1n) is 7.31. The molecule has 0 amide bonds. The third-order valence-electron chi connectivity index (χ3n) is 3.09. The molecule has 114 valence electrons. The molecular weight excluding hydrogens is 254 g/mol. The Morgan fingerprint density at radius 3 is 2.55 bits per heavy atom. The van der Waals surface area contributed by atoms with Crippen molar-refractivity contribution < 1.29 is 14.2 Å². The van der Waals surface area contributed by atoms with Crippen molar-refractivity contribution in [1.29, 1.82) is 0 Å². The molecular formula is C16H27NO3. The summed E-state index contributed by atoms with van der Waals surface area (Å²) >= 11 is 0. The molecule has 0 saturated heterocycles. The number of ether oxygens (including phenoxy) is 3. The van der Waals surface area contributed by atoms with E-state index >= 15 is 0 Å². The van der Waals surface area contributed by atoms with Crippen LogP contribution >= 0.6 is 0 Å². The summed E-state index contributed by atoms with van der Waals surface area (Å²) in [5.41, 5.74) is 1.14. The van der Waals surface area contributed by atoms with Crippen molar-refractivity contribution in [2.75, 3.05) is 34.0 Å². The van der Waals surface area contributed by atoms with Crippen LogP contribution in [0.25, 0.3) is 0 Å². The number of methoxy groups -OCH3 is 2. The Morgan fingerprint density at radius 2 is 1.85 bits per heavy atom. The predicted octanol–water partition coefficient (Wildman–Crippen LogP) is 3.00. The average molecular weight is 281 g/mol. The molecule has 4 heteroatoms. The standard InChI is InChI=1S/C16H27NO3/c1-4-5-10-20-11-6-9-17-13-14-7-8-15(18-2)12-16(14)19-3/h7-8,12,17H,4-6,9-11,13H2,1-3H3. The second kappa shape index (κ2) is 10.5. The van der Waals surface area contributed by atoms with Crippen molar-refractivity contribution in [3.8, 4) is 11.5 Å². The number of unbranched alkanes of at least 4 members (excludes halogenated alkanes) is 1. The van der Waals surface area contributed by atoms with Crippen molar-refractivity contribution in [2.24, 2.45) is 0 Å². The first kappa shape index (κ1) is 16.8. The Hall–Kier alpha value is -1.26. The molecule has 0 aliphatic carbocycles. The largest absolute Gasteiger partial charge is 0.497 e. The van der Waals surface area contributed by atoms with E-state index in [0.29, 0.717) is 0 Å². The quantitative estimate of drug-likeness (QED) is 0.633. The van der Waals surface area contributed by atoms with Gasteiger partial charge in [-0.2, -0.15) is 0 Å². The average Bonchev–Trinajstić information content (AvgIpc) is 2.50. The predicted molar refractivity (Wildman–Crippen MR) is 81.6 cm³/mol. The van der Waals surface area contributed by atoms with Crippen LogP contribution in [0.15, 0.2) is 18.2 Å². The minimum atomic E-state index is 0.794. The lowest BCUT2D eigenvalue weighted by Gasteiger charge is -2.11. The molecule has 0 saturated carbocycles. The lowest BCUT2D eigenvalue weighted by atomic mass is 10.2. The fourth-order valence-corrected chi connectivity index (χ4v) is 1.87. The highest BCUT2D eigenvalue weighted by molar-refractivity contribution is 5.40. The molecule has 4 nitrogen and oxygen atoms in total. The van der Waals surface area contributed by atoms with Crippen LogP contribution in [0, 0.1) is 0 Å². The number of hydrogen-bond acceptors (Lipinski definition) is 4. The first-order chi connectivity index (χ1) is 9.81. The van der Waals surface area contributed by atoms with Crippen molar-refractivity contribution in [3.05, 3.63) is 23.8 Å². The monoisotopic (exact) mass is 281 g/mol. The minimum Gasteiger partial charge on any atom is -0.497 e. The molecule has 0 aliphatic heterocycles. The topological polar surface area (TPSA) is 39.7 Å². The number of hydrogen-bond donors (Lipinski definition) is 1. The Kier molecular flexibility index (Phi) is 8.83. The molecule has 0 bridgehead atoms.